The van der Waals surface area contributed by atoms with Crippen LogP contribution in [0.2, 0.25) is 5.02 Å². The third-order valence-corrected chi connectivity index (χ3v) is 6.73. The van der Waals surface area contributed by atoms with Crippen molar-refractivity contribution in [3.05, 3.63) is 74.3 Å². The fourth-order valence-electron chi connectivity index (χ4n) is 3.33. The van der Waals surface area contributed by atoms with E-state index in [1.807, 2.05) is 35.6 Å². The first kappa shape index (κ1) is 31.7. The molecule has 0 aliphatic carbocycles. The highest BCUT2D eigenvalue weighted by Gasteiger charge is 2.15. The maximum atomic E-state index is 12.4. The Morgan fingerprint density at radius 3 is 2.39 bits per heavy atom. The average molecular weight is 693 g/mol. The number of carbonyl (C=O) groups is 3. The molecule has 0 unspecified atom stereocenters. The SMILES string of the molecule is CCCCOc1ccc(NC(=O)C(=O)N/N=C\c2cc(I)c(OCC(=O)Nc3ccc(C)c(Cl)c3)c(OC)c2)cc1. The van der Waals surface area contributed by atoms with Gasteiger partial charge in [-0.05, 0) is 95.6 Å². The van der Waals surface area contributed by atoms with Crippen LogP contribution >= 0.6 is 34.2 Å². The Morgan fingerprint density at radius 2 is 1.71 bits per heavy atom. The van der Waals surface area contributed by atoms with E-state index in [9.17, 15) is 14.4 Å². The standard InChI is InChI=1S/C29H30ClIN4O6/c1-4-5-12-40-22-10-8-20(9-11-22)34-28(37)29(38)35-32-16-19-13-24(31)27(25(14-19)39-3)41-17-26(36)33-21-7-6-18(2)23(30)15-21/h6-11,13-16H,4-5,12,17H2,1-3H3,(H,33,36)(H,34,37)(H,35,38)/b32-16-. The third kappa shape index (κ3) is 9.94. The average Bonchev–Trinajstić information content (AvgIpc) is 2.95. The Morgan fingerprint density at radius 1 is 0.976 bits per heavy atom. The fourth-order valence-corrected chi connectivity index (χ4v) is 4.29. The molecule has 10 nitrogen and oxygen atoms in total. The van der Waals surface area contributed by atoms with Crippen molar-refractivity contribution in [2.24, 2.45) is 5.10 Å². The van der Waals surface area contributed by atoms with Crippen LogP contribution in [0.4, 0.5) is 11.4 Å². The first-order chi connectivity index (χ1) is 19.7. The van der Waals surface area contributed by atoms with Crippen molar-refractivity contribution in [1.29, 1.82) is 0 Å². The quantitative estimate of drug-likeness (QED) is 0.0752. The summed E-state index contributed by atoms with van der Waals surface area (Å²) in [7, 11) is 1.46. The zero-order chi connectivity index (χ0) is 29.8. The molecule has 3 rings (SSSR count). The number of halogens is 2. The summed E-state index contributed by atoms with van der Waals surface area (Å²) in [4.78, 5) is 36.8. The number of unbranched alkanes of at least 4 members (excludes halogenated alkanes) is 1. The van der Waals surface area contributed by atoms with Crippen LogP contribution in [0.5, 0.6) is 17.2 Å². The molecular formula is C29H30ClIN4O6. The second kappa shape index (κ2) is 15.8. The number of hydrogen-bond acceptors (Lipinski definition) is 7. The van der Waals surface area contributed by atoms with E-state index in [0.29, 0.717) is 49.4 Å². The van der Waals surface area contributed by atoms with Gasteiger partial charge in [0.1, 0.15) is 5.75 Å². The van der Waals surface area contributed by atoms with Crippen LogP contribution in [-0.4, -0.2) is 44.3 Å². The smallest absolute Gasteiger partial charge is 0.329 e. The summed E-state index contributed by atoms with van der Waals surface area (Å²) in [5.74, 6) is -0.771. The molecule has 3 amide bonds. The molecule has 0 fully saturated rings. The molecule has 0 atom stereocenters. The monoisotopic (exact) mass is 692 g/mol. The minimum absolute atomic E-state index is 0.259. The number of aryl methyl sites for hydroxylation is 1. The van der Waals surface area contributed by atoms with Gasteiger partial charge in [0.15, 0.2) is 18.1 Å². The molecule has 3 aromatic rings. The number of amides is 3. The van der Waals surface area contributed by atoms with E-state index in [1.165, 1.54) is 13.3 Å². The summed E-state index contributed by atoms with van der Waals surface area (Å²) in [5.41, 5.74) is 4.67. The van der Waals surface area contributed by atoms with Gasteiger partial charge >= 0.3 is 11.8 Å². The molecule has 3 N–H and O–H groups in total. The molecular weight excluding hydrogens is 663 g/mol. The van der Waals surface area contributed by atoms with E-state index < -0.39 is 11.8 Å². The lowest BCUT2D eigenvalue weighted by molar-refractivity contribution is -0.136. The number of hydrazone groups is 1. The van der Waals surface area contributed by atoms with Gasteiger partial charge in [0, 0.05) is 16.4 Å². The zero-order valence-electron chi connectivity index (χ0n) is 22.8. The van der Waals surface area contributed by atoms with Crippen LogP contribution in [0.15, 0.2) is 59.7 Å². The van der Waals surface area contributed by atoms with Gasteiger partial charge in [0.2, 0.25) is 0 Å². The summed E-state index contributed by atoms with van der Waals surface area (Å²) in [6, 6.07) is 15.3. The Kier molecular flexibility index (Phi) is 12.2. The van der Waals surface area contributed by atoms with Crippen LogP contribution in [0.25, 0.3) is 0 Å². The number of methoxy groups -OCH3 is 1. The van der Waals surface area contributed by atoms with Gasteiger partial charge in [-0.3, -0.25) is 14.4 Å². The normalized spacial score (nSPS) is 10.7. The van der Waals surface area contributed by atoms with Gasteiger partial charge < -0.3 is 24.8 Å². The van der Waals surface area contributed by atoms with E-state index in [-0.39, 0.29) is 12.5 Å². The van der Waals surface area contributed by atoms with Gasteiger partial charge in [0.05, 0.1) is 23.5 Å². The summed E-state index contributed by atoms with van der Waals surface area (Å²) in [6.45, 7) is 4.31. The Hall–Kier alpha value is -3.84. The lowest BCUT2D eigenvalue weighted by Crippen LogP contribution is -2.32. The molecule has 41 heavy (non-hydrogen) atoms. The number of ether oxygens (including phenoxy) is 3. The third-order valence-electron chi connectivity index (χ3n) is 5.52. The van der Waals surface area contributed by atoms with Gasteiger partial charge in [-0.15, -0.1) is 0 Å². The number of rotatable bonds is 12. The lowest BCUT2D eigenvalue weighted by Gasteiger charge is -2.14. The Labute approximate surface area is 256 Å². The van der Waals surface area contributed by atoms with Crippen LogP contribution in [0.1, 0.15) is 30.9 Å². The van der Waals surface area contributed by atoms with Crippen molar-refractivity contribution in [1.82, 2.24) is 5.43 Å². The van der Waals surface area contributed by atoms with E-state index in [0.717, 1.165) is 18.4 Å². The number of carbonyl (C=O) groups excluding carboxylic acids is 3. The molecule has 3 aromatic carbocycles. The van der Waals surface area contributed by atoms with Crippen molar-refractivity contribution in [2.75, 3.05) is 31.0 Å². The van der Waals surface area contributed by atoms with Crippen LogP contribution in [0.3, 0.4) is 0 Å². The van der Waals surface area contributed by atoms with Crippen molar-refractivity contribution in [3.63, 3.8) is 0 Å². The van der Waals surface area contributed by atoms with Crippen LogP contribution < -0.4 is 30.3 Å². The molecule has 0 aliphatic heterocycles. The summed E-state index contributed by atoms with van der Waals surface area (Å²) < 4.78 is 17.3. The van der Waals surface area contributed by atoms with E-state index >= 15 is 0 Å². The minimum Gasteiger partial charge on any atom is -0.494 e. The second-order valence-electron chi connectivity index (χ2n) is 8.71. The molecule has 0 aliphatic rings. The largest absolute Gasteiger partial charge is 0.494 e. The molecule has 0 spiro atoms. The predicted molar refractivity (Wildman–Crippen MR) is 167 cm³/mol. The molecule has 0 saturated carbocycles. The highest BCUT2D eigenvalue weighted by molar-refractivity contribution is 14.1. The first-order valence-corrected chi connectivity index (χ1v) is 14.1. The predicted octanol–water partition coefficient (Wildman–Crippen LogP) is 5.55. The highest BCUT2D eigenvalue weighted by atomic mass is 127. The van der Waals surface area contributed by atoms with E-state index in [2.05, 4.69) is 28.1 Å². The fraction of sp³-hybridized carbons (Fsp3) is 0.241. The first-order valence-electron chi connectivity index (χ1n) is 12.6. The molecule has 0 saturated heterocycles. The summed E-state index contributed by atoms with van der Waals surface area (Å²) in [5, 5.41) is 9.65. The van der Waals surface area contributed by atoms with Crippen LogP contribution in [-0.2, 0) is 14.4 Å². The maximum absolute atomic E-state index is 12.4. The minimum atomic E-state index is -0.938. The maximum Gasteiger partial charge on any atom is 0.329 e. The number of hydrogen-bond donors (Lipinski definition) is 3. The van der Waals surface area contributed by atoms with Crippen molar-refractivity contribution >= 4 is 69.5 Å². The van der Waals surface area contributed by atoms with Gasteiger partial charge in [0.25, 0.3) is 5.91 Å². The van der Waals surface area contributed by atoms with Gasteiger partial charge in [-0.25, -0.2) is 5.43 Å². The Bertz CT molecular complexity index is 1420. The number of nitrogens with zero attached hydrogens (tertiary/aromatic N) is 1. The molecule has 0 aromatic heterocycles. The van der Waals surface area contributed by atoms with Gasteiger partial charge in [-0.2, -0.15) is 5.10 Å². The van der Waals surface area contributed by atoms with Gasteiger partial charge in [-0.1, -0.05) is 31.0 Å². The Balaban J connectivity index is 1.53. The van der Waals surface area contributed by atoms with Crippen molar-refractivity contribution < 1.29 is 28.6 Å². The lowest BCUT2D eigenvalue weighted by atomic mass is 10.2. The topological polar surface area (TPSA) is 127 Å². The number of benzene rings is 3. The second-order valence-corrected chi connectivity index (χ2v) is 10.3. The van der Waals surface area contributed by atoms with E-state index in [4.69, 9.17) is 25.8 Å². The molecule has 0 bridgehead atoms. The summed E-state index contributed by atoms with van der Waals surface area (Å²) in [6.07, 6.45) is 3.34. The molecule has 12 heteroatoms. The van der Waals surface area contributed by atoms with Crippen molar-refractivity contribution in [2.45, 2.75) is 26.7 Å². The highest BCUT2D eigenvalue weighted by Crippen LogP contribution is 2.33. The van der Waals surface area contributed by atoms with E-state index in [1.54, 1.807) is 48.5 Å². The molecule has 216 valence electrons. The number of nitrogens with one attached hydrogen (secondary N) is 3. The van der Waals surface area contributed by atoms with Crippen LogP contribution in [0, 0.1) is 10.5 Å². The van der Waals surface area contributed by atoms with Crippen molar-refractivity contribution in [3.8, 4) is 17.2 Å². The number of anilines is 2. The summed E-state index contributed by atoms with van der Waals surface area (Å²) >= 11 is 8.15. The zero-order valence-corrected chi connectivity index (χ0v) is 25.7. The molecule has 0 heterocycles. The molecule has 0 radical (unpaired) electrons.